The molecule has 0 atom stereocenters. The number of aromatic nitrogens is 4. The Balaban J connectivity index is 1.73. The fourth-order valence-electron chi connectivity index (χ4n) is 4.30. The normalized spacial score (nSPS) is 12.5. The molecule has 0 aliphatic rings. The van der Waals surface area contributed by atoms with E-state index in [0.29, 0.717) is 0 Å². The second-order valence-corrected chi connectivity index (χ2v) is 10.6. The van der Waals surface area contributed by atoms with Crippen molar-refractivity contribution in [2.24, 2.45) is 5.41 Å². The topological polar surface area (TPSA) is 70.6 Å². The summed E-state index contributed by atoms with van der Waals surface area (Å²) in [5.74, 6) is 0. The van der Waals surface area contributed by atoms with Crippen molar-refractivity contribution in [3.05, 3.63) is 121 Å². The van der Waals surface area contributed by atoms with Gasteiger partial charge in [-0.25, -0.2) is 4.98 Å². The number of aryl methyl sites for hydroxylation is 1. The third-order valence-corrected chi connectivity index (χ3v) is 6.83. The molecule has 0 saturated carbocycles. The maximum atomic E-state index is 4.49. The summed E-state index contributed by atoms with van der Waals surface area (Å²) in [5, 5.41) is 7.80. The summed E-state index contributed by atoms with van der Waals surface area (Å²) in [7, 11) is 1.93. The van der Waals surface area contributed by atoms with Gasteiger partial charge in [-0.15, -0.1) is 0 Å². The van der Waals surface area contributed by atoms with Crippen molar-refractivity contribution in [3.8, 4) is 5.69 Å². The van der Waals surface area contributed by atoms with Gasteiger partial charge in [-0.3, -0.25) is 4.98 Å². The summed E-state index contributed by atoms with van der Waals surface area (Å²) in [6.07, 6.45) is 13.5. The molecule has 0 saturated heterocycles. The Kier molecular flexibility index (Phi) is 7.77. The van der Waals surface area contributed by atoms with Crippen molar-refractivity contribution >= 4 is 27.7 Å². The average molecular weight is 519 g/mol. The zero-order chi connectivity index (χ0) is 28.3. The highest BCUT2D eigenvalue weighted by molar-refractivity contribution is 5.94. The molecule has 6 heteroatoms. The maximum Gasteiger partial charge on any atom is 0.0995 e. The lowest BCUT2D eigenvalue weighted by atomic mass is 9.92. The molecule has 1 aromatic carbocycles. The molecule has 0 aliphatic heterocycles. The predicted octanol–water partition coefficient (Wildman–Crippen LogP) is 7.78. The summed E-state index contributed by atoms with van der Waals surface area (Å²) in [6, 6.07) is 8.50. The van der Waals surface area contributed by atoms with Gasteiger partial charge >= 0.3 is 0 Å². The highest BCUT2D eigenvalue weighted by Gasteiger charge is 2.17. The van der Waals surface area contributed by atoms with Gasteiger partial charge in [0, 0.05) is 58.0 Å². The van der Waals surface area contributed by atoms with Crippen molar-refractivity contribution in [1.29, 1.82) is 0 Å². The molecule has 200 valence electrons. The van der Waals surface area contributed by atoms with Crippen LogP contribution in [0.1, 0.15) is 50.2 Å². The Bertz CT molecular complexity index is 1620. The van der Waals surface area contributed by atoms with E-state index in [9.17, 15) is 0 Å². The molecule has 0 bridgehead atoms. The molecule has 0 aliphatic carbocycles. The zero-order valence-corrected chi connectivity index (χ0v) is 23.8. The number of nitrogens with zero attached hydrogens (tertiary/aromatic N) is 3. The van der Waals surface area contributed by atoms with Crippen LogP contribution in [0.25, 0.3) is 27.7 Å². The number of fused-ring (bicyclic) bond motifs is 1. The van der Waals surface area contributed by atoms with Crippen LogP contribution in [0.15, 0.2) is 98.5 Å². The van der Waals surface area contributed by atoms with Crippen LogP contribution in [-0.4, -0.2) is 26.6 Å². The van der Waals surface area contributed by atoms with Crippen LogP contribution in [0.5, 0.6) is 0 Å². The number of H-pyrrole nitrogens is 1. The van der Waals surface area contributed by atoms with Crippen molar-refractivity contribution in [2.75, 3.05) is 12.4 Å². The number of anilines is 1. The summed E-state index contributed by atoms with van der Waals surface area (Å²) >= 11 is 0. The molecule has 6 nitrogen and oxygen atoms in total. The molecule has 0 unspecified atom stereocenters. The third kappa shape index (κ3) is 5.80. The highest BCUT2D eigenvalue weighted by Crippen LogP contribution is 2.34. The number of benzene rings is 1. The number of allylic oxidation sites excluding steroid dienone is 5. The Hall–Kier alpha value is -4.58. The number of aromatic amines is 1. The van der Waals surface area contributed by atoms with Crippen molar-refractivity contribution in [1.82, 2.24) is 24.8 Å². The Morgan fingerprint density at radius 1 is 1.13 bits per heavy atom. The molecule has 39 heavy (non-hydrogen) atoms. The van der Waals surface area contributed by atoms with Crippen LogP contribution in [0.3, 0.4) is 0 Å². The predicted molar refractivity (Wildman–Crippen MR) is 166 cm³/mol. The number of imidazole rings is 1. The Morgan fingerprint density at radius 2 is 1.90 bits per heavy atom. The number of pyridine rings is 1. The second-order valence-electron chi connectivity index (χ2n) is 10.6. The van der Waals surface area contributed by atoms with Gasteiger partial charge in [-0.1, -0.05) is 52.7 Å². The fraction of sp³-hybridized carbons (Fsp3) is 0.212. The number of rotatable bonds is 9. The van der Waals surface area contributed by atoms with Crippen LogP contribution in [-0.2, 0) is 0 Å². The van der Waals surface area contributed by atoms with Gasteiger partial charge in [0.05, 0.1) is 35.6 Å². The zero-order valence-electron chi connectivity index (χ0n) is 23.8. The van der Waals surface area contributed by atoms with Gasteiger partial charge in [-0.2, -0.15) is 0 Å². The SMILES string of the molecule is C=C/C(=C\C(=C/C)c1ccc(NC)c(C(=C)c2cc3c(-n4cnc(C)c4)cncc3[nH]2)c1)NC(=C)C(C)(C)C. The lowest BCUT2D eigenvalue weighted by Gasteiger charge is -2.24. The van der Waals surface area contributed by atoms with Crippen molar-refractivity contribution < 1.29 is 0 Å². The molecule has 0 radical (unpaired) electrons. The first-order valence-corrected chi connectivity index (χ1v) is 13.0. The van der Waals surface area contributed by atoms with Gasteiger partial charge in [0.2, 0.25) is 0 Å². The minimum Gasteiger partial charge on any atom is -0.388 e. The van der Waals surface area contributed by atoms with E-state index in [-0.39, 0.29) is 5.41 Å². The van der Waals surface area contributed by atoms with Crippen LogP contribution in [0.2, 0.25) is 0 Å². The quantitative estimate of drug-likeness (QED) is 0.198. The lowest BCUT2D eigenvalue weighted by Crippen LogP contribution is -2.22. The van der Waals surface area contributed by atoms with Crippen LogP contribution < -0.4 is 10.6 Å². The maximum absolute atomic E-state index is 4.49. The van der Waals surface area contributed by atoms with E-state index in [1.807, 2.05) is 56.5 Å². The molecule has 0 fully saturated rings. The lowest BCUT2D eigenvalue weighted by molar-refractivity contribution is 0.478. The van der Waals surface area contributed by atoms with Crippen molar-refractivity contribution in [2.45, 2.75) is 34.6 Å². The van der Waals surface area contributed by atoms with Crippen molar-refractivity contribution in [3.63, 3.8) is 0 Å². The molecule has 3 heterocycles. The minimum atomic E-state index is -0.0663. The van der Waals surface area contributed by atoms with E-state index >= 15 is 0 Å². The van der Waals surface area contributed by atoms with Gasteiger partial charge in [0.1, 0.15) is 0 Å². The molecule has 4 aromatic rings. The second kappa shape index (κ2) is 11.0. The smallest absolute Gasteiger partial charge is 0.0995 e. The Morgan fingerprint density at radius 3 is 2.51 bits per heavy atom. The number of hydrogen-bond acceptors (Lipinski definition) is 4. The molecule has 4 rings (SSSR count). The van der Waals surface area contributed by atoms with Gasteiger partial charge in [0.15, 0.2) is 0 Å². The molecule has 3 aromatic heterocycles. The number of nitrogens with one attached hydrogen (secondary N) is 3. The van der Waals surface area contributed by atoms with Gasteiger partial charge in [0.25, 0.3) is 0 Å². The van der Waals surface area contributed by atoms with E-state index in [1.165, 1.54) is 0 Å². The monoisotopic (exact) mass is 518 g/mol. The van der Waals surface area contributed by atoms with Crippen LogP contribution in [0.4, 0.5) is 5.69 Å². The fourth-order valence-corrected chi connectivity index (χ4v) is 4.30. The van der Waals surface area contributed by atoms with E-state index in [4.69, 9.17) is 0 Å². The van der Waals surface area contributed by atoms with E-state index in [1.54, 1.807) is 0 Å². The average Bonchev–Trinajstić information content (AvgIpc) is 3.55. The van der Waals surface area contributed by atoms with Gasteiger partial charge < -0.3 is 20.2 Å². The van der Waals surface area contributed by atoms with E-state index in [0.717, 1.165) is 67.3 Å². The molecular formula is C33H38N6. The largest absolute Gasteiger partial charge is 0.388 e. The molecule has 3 N–H and O–H groups in total. The summed E-state index contributed by atoms with van der Waals surface area (Å²) in [5.41, 5.74) is 10.6. The van der Waals surface area contributed by atoms with E-state index < -0.39 is 0 Å². The Labute approximate surface area is 231 Å². The molecule has 0 spiro atoms. The summed E-state index contributed by atoms with van der Waals surface area (Å²) in [6.45, 7) is 23.1. The van der Waals surface area contributed by atoms with Crippen LogP contribution >= 0.6 is 0 Å². The molecule has 0 amide bonds. The first kappa shape index (κ1) is 27.5. The molecular weight excluding hydrogens is 480 g/mol. The van der Waals surface area contributed by atoms with Gasteiger partial charge in [-0.05, 0) is 55.3 Å². The first-order valence-electron chi connectivity index (χ1n) is 13.0. The number of hydrogen-bond donors (Lipinski definition) is 3. The van der Waals surface area contributed by atoms with E-state index in [2.05, 4.69) is 103 Å². The summed E-state index contributed by atoms with van der Waals surface area (Å²) in [4.78, 5) is 12.3. The summed E-state index contributed by atoms with van der Waals surface area (Å²) < 4.78 is 1.99. The third-order valence-electron chi connectivity index (χ3n) is 6.83. The van der Waals surface area contributed by atoms with Crippen LogP contribution in [0, 0.1) is 12.3 Å². The standard InChI is InChI=1S/C33H38N6/c1-10-24(14-26(11-2)37-23(5)33(6,7)8)25-12-13-29(34-9)27(15-25)22(4)30-16-28-31(38-30)17-35-18-32(28)39-19-21(3)36-20-39/h10-20,34,37-38H,2,4-5H2,1,3,6-9H3/b24-10+,26-14+. The highest BCUT2D eigenvalue weighted by atomic mass is 15.0. The minimum absolute atomic E-state index is 0.0663. The first-order chi connectivity index (χ1) is 18.5.